The number of rotatable bonds is 3. The van der Waals surface area contributed by atoms with Crippen LogP contribution < -0.4 is 10.5 Å². The summed E-state index contributed by atoms with van der Waals surface area (Å²) >= 11 is 0. The summed E-state index contributed by atoms with van der Waals surface area (Å²) in [7, 11) is 3.28. The van der Waals surface area contributed by atoms with E-state index < -0.39 is 6.10 Å². The lowest BCUT2D eigenvalue weighted by Gasteiger charge is -2.13. The first-order chi connectivity index (χ1) is 6.06. The minimum atomic E-state index is -0.733. The molecule has 1 rings (SSSR count). The Hall–Kier alpha value is -1.07. The molecule has 0 fully saturated rings. The molecule has 0 aliphatic carbocycles. The largest absolute Gasteiger partial charge is 0.480 e. The third kappa shape index (κ3) is 1.99. The summed E-state index contributed by atoms with van der Waals surface area (Å²) in [6, 6.07) is -0.335. The summed E-state index contributed by atoms with van der Waals surface area (Å²) in [6.07, 6.45) is 0.969. The molecule has 0 saturated heterocycles. The molecule has 74 valence electrons. The first-order valence-electron chi connectivity index (χ1n) is 4.07. The molecule has 0 saturated carbocycles. The fraction of sp³-hybridized carbons (Fsp3) is 0.625. The van der Waals surface area contributed by atoms with Crippen LogP contribution in [0.25, 0.3) is 0 Å². The van der Waals surface area contributed by atoms with Crippen LogP contribution in [0.2, 0.25) is 0 Å². The summed E-state index contributed by atoms with van der Waals surface area (Å²) in [4.78, 5) is 0. The number of hydrogen-bond acceptors (Lipinski definition) is 4. The normalized spacial score (nSPS) is 15.5. The summed E-state index contributed by atoms with van der Waals surface area (Å²) in [6.45, 7) is 1.73. The smallest absolute Gasteiger partial charge is 0.238 e. The van der Waals surface area contributed by atoms with Gasteiger partial charge in [-0.15, -0.1) is 5.10 Å². The Balaban J connectivity index is 2.98. The van der Waals surface area contributed by atoms with Crippen molar-refractivity contribution in [2.45, 2.75) is 19.1 Å². The van der Waals surface area contributed by atoms with Gasteiger partial charge in [-0.25, -0.2) is 0 Å². The molecule has 0 spiro atoms. The number of hydrogen-bond donors (Lipinski definition) is 2. The Bertz CT molecular complexity index is 283. The SMILES string of the molecule is COc1nn(C)cc1C(O)C(C)N. The highest BCUT2D eigenvalue weighted by atomic mass is 16.5. The van der Waals surface area contributed by atoms with Gasteiger partial charge in [-0.1, -0.05) is 0 Å². The van der Waals surface area contributed by atoms with E-state index in [1.165, 1.54) is 7.11 Å². The van der Waals surface area contributed by atoms with E-state index in [1.807, 2.05) is 0 Å². The van der Waals surface area contributed by atoms with Crippen LogP contribution in [0.1, 0.15) is 18.6 Å². The maximum absolute atomic E-state index is 9.66. The van der Waals surface area contributed by atoms with Crippen molar-refractivity contribution in [1.29, 1.82) is 0 Å². The van der Waals surface area contributed by atoms with Gasteiger partial charge in [0.1, 0.15) is 6.10 Å². The van der Waals surface area contributed by atoms with Crippen LogP contribution in [-0.2, 0) is 7.05 Å². The molecule has 0 aliphatic rings. The van der Waals surface area contributed by atoms with Gasteiger partial charge in [-0.05, 0) is 6.92 Å². The number of aryl methyl sites for hydroxylation is 1. The van der Waals surface area contributed by atoms with Crippen molar-refractivity contribution in [2.24, 2.45) is 12.8 Å². The Morgan fingerprint density at radius 2 is 2.31 bits per heavy atom. The van der Waals surface area contributed by atoms with Gasteiger partial charge in [0.25, 0.3) is 0 Å². The second-order valence-corrected chi connectivity index (χ2v) is 3.07. The first-order valence-corrected chi connectivity index (χ1v) is 4.07. The van der Waals surface area contributed by atoms with Crippen molar-refractivity contribution in [2.75, 3.05) is 7.11 Å². The number of methoxy groups -OCH3 is 1. The van der Waals surface area contributed by atoms with Crippen LogP contribution in [0, 0.1) is 0 Å². The van der Waals surface area contributed by atoms with Gasteiger partial charge in [0, 0.05) is 19.3 Å². The zero-order valence-electron chi connectivity index (χ0n) is 8.06. The Kier molecular flexibility index (Phi) is 2.90. The van der Waals surface area contributed by atoms with Gasteiger partial charge in [0.2, 0.25) is 5.88 Å². The number of aliphatic hydroxyl groups is 1. The number of aliphatic hydroxyl groups excluding tert-OH is 1. The number of ether oxygens (including phenoxy) is 1. The lowest BCUT2D eigenvalue weighted by Crippen LogP contribution is -2.24. The van der Waals surface area contributed by atoms with Gasteiger partial charge < -0.3 is 15.6 Å². The molecule has 0 amide bonds. The zero-order valence-corrected chi connectivity index (χ0v) is 8.06. The predicted octanol–water partition coefficient (Wildman–Crippen LogP) is -0.191. The minimum Gasteiger partial charge on any atom is -0.480 e. The third-order valence-electron chi connectivity index (χ3n) is 1.83. The highest BCUT2D eigenvalue weighted by molar-refractivity contribution is 5.26. The average molecular weight is 185 g/mol. The van der Waals surface area contributed by atoms with E-state index in [-0.39, 0.29) is 6.04 Å². The van der Waals surface area contributed by atoms with Crippen LogP contribution in [-0.4, -0.2) is 28.0 Å². The van der Waals surface area contributed by atoms with E-state index in [4.69, 9.17) is 10.5 Å². The van der Waals surface area contributed by atoms with Gasteiger partial charge >= 0.3 is 0 Å². The fourth-order valence-electron chi connectivity index (χ4n) is 1.13. The average Bonchev–Trinajstić information content (AvgIpc) is 2.45. The van der Waals surface area contributed by atoms with E-state index in [2.05, 4.69) is 5.10 Å². The number of aromatic nitrogens is 2. The maximum atomic E-state index is 9.66. The van der Waals surface area contributed by atoms with E-state index in [0.717, 1.165) is 0 Å². The second kappa shape index (κ2) is 3.76. The quantitative estimate of drug-likeness (QED) is 0.684. The third-order valence-corrected chi connectivity index (χ3v) is 1.83. The van der Waals surface area contributed by atoms with Crippen molar-refractivity contribution < 1.29 is 9.84 Å². The summed E-state index contributed by atoms with van der Waals surface area (Å²) in [5, 5.41) is 13.7. The minimum absolute atomic E-state index is 0.335. The maximum Gasteiger partial charge on any atom is 0.238 e. The number of nitrogens with zero attached hydrogens (tertiary/aromatic N) is 2. The molecule has 1 heterocycles. The van der Waals surface area contributed by atoms with Crippen LogP contribution in [0.3, 0.4) is 0 Å². The molecule has 0 radical (unpaired) electrons. The molecule has 13 heavy (non-hydrogen) atoms. The molecule has 0 aromatic carbocycles. The molecular formula is C8H15N3O2. The Morgan fingerprint density at radius 1 is 1.69 bits per heavy atom. The Morgan fingerprint density at radius 3 is 2.77 bits per heavy atom. The van der Waals surface area contributed by atoms with Crippen LogP contribution in [0.4, 0.5) is 0 Å². The molecule has 2 atom stereocenters. The summed E-state index contributed by atoms with van der Waals surface area (Å²) in [5.74, 6) is 0.423. The summed E-state index contributed by atoms with van der Waals surface area (Å²) < 4.78 is 6.57. The van der Waals surface area contributed by atoms with Gasteiger partial charge in [-0.2, -0.15) is 0 Å². The van der Waals surface area contributed by atoms with Crippen molar-refractivity contribution >= 4 is 0 Å². The fourth-order valence-corrected chi connectivity index (χ4v) is 1.13. The second-order valence-electron chi connectivity index (χ2n) is 3.07. The highest BCUT2D eigenvalue weighted by Crippen LogP contribution is 2.24. The predicted molar refractivity (Wildman–Crippen MR) is 48.4 cm³/mol. The molecule has 2 unspecified atom stereocenters. The molecule has 5 heteroatoms. The van der Waals surface area contributed by atoms with E-state index in [1.54, 1.807) is 24.9 Å². The van der Waals surface area contributed by atoms with Crippen molar-refractivity contribution in [3.8, 4) is 5.88 Å². The van der Waals surface area contributed by atoms with Gasteiger partial charge in [-0.3, -0.25) is 4.68 Å². The van der Waals surface area contributed by atoms with Gasteiger partial charge in [0.15, 0.2) is 0 Å². The topological polar surface area (TPSA) is 73.3 Å². The zero-order chi connectivity index (χ0) is 10.0. The Labute approximate surface area is 77.1 Å². The van der Waals surface area contributed by atoms with Crippen molar-refractivity contribution in [3.05, 3.63) is 11.8 Å². The molecule has 0 aliphatic heterocycles. The number of nitrogens with two attached hydrogens (primary N) is 1. The molecule has 0 bridgehead atoms. The van der Waals surface area contributed by atoms with E-state index in [0.29, 0.717) is 11.4 Å². The molecular weight excluding hydrogens is 170 g/mol. The van der Waals surface area contributed by atoms with Crippen LogP contribution in [0.15, 0.2) is 6.20 Å². The van der Waals surface area contributed by atoms with E-state index in [9.17, 15) is 5.11 Å². The van der Waals surface area contributed by atoms with Crippen molar-refractivity contribution in [1.82, 2.24) is 9.78 Å². The first kappa shape index (κ1) is 10.0. The molecule has 1 aromatic rings. The van der Waals surface area contributed by atoms with Gasteiger partial charge in [0.05, 0.1) is 12.7 Å². The highest BCUT2D eigenvalue weighted by Gasteiger charge is 2.19. The summed E-state index contributed by atoms with van der Waals surface area (Å²) in [5.41, 5.74) is 6.18. The molecule has 3 N–H and O–H groups in total. The van der Waals surface area contributed by atoms with Crippen molar-refractivity contribution in [3.63, 3.8) is 0 Å². The van der Waals surface area contributed by atoms with E-state index >= 15 is 0 Å². The standard InChI is InChI=1S/C8H15N3O2/c1-5(9)7(12)6-4-11(2)10-8(6)13-3/h4-5,7,12H,9H2,1-3H3. The van der Waals surface area contributed by atoms with Crippen LogP contribution in [0.5, 0.6) is 5.88 Å². The lowest BCUT2D eigenvalue weighted by molar-refractivity contribution is 0.149. The molecule has 1 aromatic heterocycles. The lowest BCUT2D eigenvalue weighted by atomic mass is 10.1. The van der Waals surface area contributed by atoms with Crippen LogP contribution >= 0.6 is 0 Å². The monoisotopic (exact) mass is 185 g/mol. The molecule has 5 nitrogen and oxygen atoms in total.